The molecule has 3 nitrogen and oxygen atoms in total. The highest BCUT2D eigenvalue weighted by atomic mass is 32.2. The molecule has 1 aromatic rings. The maximum Gasteiger partial charge on any atom is 0.191 e. The smallest absolute Gasteiger partial charge is 0.191 e. The van der Waals surface area contributed by atoms with Crippen LogP contribution in [0.25, 0.3) is 0 Å². The number of hydrogen-bond acceptors (Lipinski definition) is 3. The van der Waals surface area contributed by atoms with Gasteiger partial charge in [0.25, 0.3) is 0 Å². The molecule has 0 saturated heterocycles. The van der Waals surface area contributed by atoms with Crippen molar-refractivity contribution in [1.82, 2.24) is 14.8 Å². The zero-order valence-electron chi connectivity index (χ0n) is 21.3. The SMILES string of the molecule is CCCCCCCCCCCCSc1nnc(C)n1CCCCCCCCCCCC. The van der Waals surface area contributed by atoms with E-state index >= 15 is 0 Å². The zero-order chi connectivity index (χ0) is 22.4. The summed E-state index contributed by atoms with van der Waals surface area (Å²) in [5.41, 5.74) is 0. The van der Waals surface area contributed by atoms with Gasteiger partial charge in [-0.1, -0.05) is 141 Å². The van der Waals surface area contributed by atoms with Gasteiger partial charge in [-0.3, -0.25) is 0 Å². The molecule has 4 heteroatoms. The van der Waals surface area contributed by atoms with Crippen molar-refractivity contribution >= 4 is 11.8 Å². The molecule has 1 heterocycles. The van der Waals surface area contributed by atoms with E-state index in [4.69, 9.17) is 0 Å². The first-order chi connectivity index (χ1) is 15.3. The van der Waals surface area contributed by atoms with Crippen LogP contribution in [-0.4, -0.2) is 20.5 Å². The van der Waals surface area contributed by atoms with Crippen LogP contribution in [0.3, 0.4) is 0 Å². The first kappa shape index (κ1) is 28.5. The molecule has 0 unspecified atom stereocenters. The minimum absolute atomic E-state index is 1.08. The molecule has 0 saturated carbocycles. The Morgan fingerprint density at radius 1 is 0.548 bits per heavy atom. The molecule has 0 bridgehead atoms. The highest BCUT2D eigenvalue weighted by Crippen LogP contribution is 2.20. The Hall–Kier alpha value is -0.510. The van der Waals surface area contributed by atoms with Gasteiger partial charge in [-0.05, 0) is 19.8 Å². The molecule has 0 aliphatic heterocycles. The number of unbranched alkanes of at least 4 members (excludes halogenated alkanes) is 18. The molecule has 0 radical (unpaired) electrons. The highest BCUT2D eigenvalue weighted by molar-refractivity contribution is 7.99. The molecule has 1 aromatic heterocycles. The zero-order valence-corrected chi connectivity index (χ0v) is 22.1. The van der Waals surface area contributed by atoms with Crippen molar-refractivity contribution in [2.24, 2.45) is 0 Å². The van der Waals surface area contributed by atoms with Gasteiger partial charge in [0.15, 0.2) is 5.16 Å². The lowest BCUT2D eigenvalue weighted by Crippen LogP contribution is -2.03. The Labute approximate surface area is 199 Å². The number of rotatable bonds is 23. The largest absolute Gasteiger partial charge is 0.306 e. The van der Waals surface area contributed by atoms with Crippen molar-refractivity contribution in [3.8, 4) is 0 Å². The third-order valence-corrected chi connectivity index (χ3v) is 7.42. The topological polar surface area (TPSA) is 30.7 Å². The van der Waals surface area contributed by atoms with Gasteiger partial charge >= 0.3 is 0 Å². The van der Waals surface area contributed by atoms with E-state index in [2.05, 4.69) is 35.5 Å². The molecule has 31 heavy (non-hydrogen) atoms. The molecule has 0 aromatic carbocycles. The normalized spacial score (nSPS) is 11.5. The van der Waals surface area contributed by atoms with Crippen molar-refractivity contribution in [3.63, 3.8) is 0 Å². The standard InChI is InChI=1S/C27H53N3S/c1-4-6-8-10-12-14-16-18-20-22-24-30-26(3)28-29-27(30)31-25-23-21-19-17-15-13-11-9-7-5-2/h4-25H2,1-3H3. The molecule has 0 N–H and O–H groups in total. The van der Waals surface area contributed by atoms with Crippen LogP contribution < -0.4 is 0 Å². The van der Waals surface area contributed by atoms with Crippen molar-refractivity contribution in [2.45, 2.75) is 161 Å². The van der Waals surface area contributed by atoms with Crippen LogP contribution in [0.2, 0.25) is 0 Å². The fraction of sp³-hybridized carbons (Fsp3) is 0.926. The molecule has 0 amide bonds. The number of aryl methyl sites for hydroxylation is 1. The first-order valence-corrected chi connectivity index (χ1v) is 14.8. The van der Waals surface area contributed by atoms with Gasteiger partial charge in [0.1, 0.15) is 5.82 Å². The summed E-state index contributed by atoms with van der Waals surface area (Å²) < 4.78 is 2.35. The predicted molar refractivity (Wildman–Crippen MR) is 139 cm³/mol. The van der Waals surface area contributed by atoms with E-state index in [1.165, 1.54) is 134 Å². The molecule has 182 valence electrons. The molecule has 0 aliphatic carbocycles. The summed E-state index contributed by atoms with van der Waals surface area (Å²) in [6.45, 7) is 7.78. The lowest BCUT2D eigenvalue weighted by Gasteiger charge is -2.08. The van der Waals surface area contributed by atoms with Crippen LogP contribution in [0.15, 0.2) is 5.16 Å². The Balaban J connectivity index is 2.01. The van der Waals surface area contributed by atoms with Gasteiger partial charge in [-0.15, -0.1) is 10.2 Å². The molecule has 0 fully saturated rings. The lowest BCUT2D eigenvalue weighted by molar-refractivity contribution is 0.517. The number of nitrogens with zero attached hydrogens (tertiary/aromatic N) is 3. The monoisotopic (exact) mass is 451 g/mol. The maximum absolute atomic E-state index is 4.44. The molecular formula is C27H53N3S. The van der Waals surface area contributed by atoms with Gasteiger partial charge in [0, 0.05) is 12.3 Å². The minimum atomic E-state index is 1.08. The maximum atomic E-state index is 4.44. The van der Waals surface area contributed by atoms with Crippen LogP contribution in [0.4, 0.5) is 0 Å². The van der Waals surface area contributed by atoms with Crippen LogP contribution >= 0.6 is 11.8 Å². The van der Waals surface area contributed by atoms with Gasteiger partial charge in [0.05, 0.1) is 0 Å². The van der Waals surface area contributed by atoms with Crippen molar-refractivity contribution in [1.29, 1.82) is 0 Å². The van der Waals surface area contributed by atoms with Crippen molar-refractivity contribution in [2.75, 3.05) is 5.75 Å². The summed E-state index contributed by atoms with van der Waals surface area (Å²) in [6.07, 6.45) is 27.9. The van der Waals surface area contributed by atoms with Gasteiger partial charge < -0.3 is 4.57 Å². The van der Waals surface area contributed by atoms with E-state index in [1.807, 2.05) is 11.8 Å². The third kappa shape index (κ3) is 15.9. The molecule has 0 aliphatic rings. The summed E-state index contributed by atoms with van der Waals surface area (Å²) in [4.78, 5) is 0. The van der Waals surface area contributed by atoms with Gasteiger partial charge in [-0.2, -0.15) is 0 Å². The summed E-state index contributed by atoms with van der Waals surface area (Å²) in [6, 6.07) is 0. The summed E-state index contributed by atoms with van der Waals surface area (Å²) >= 11 is 1.92. The minimum Gasteiger partial charge on any atom is -0.306 e. The fourth-order valence-corrected chi connectivity index (χ4v) is 5.24. The quantitative estimate of drug-likeness (QED) is 0.122. The predicted octanol–water partition coefficient (Wildman–Crippen LogP) is 9.52. The summed E-state index contributed by atoms with van der Waals surface area (Å²) in [7, 11) is 0. The van der Waals surface area contributed by atoms with E-state index in [-0.39, 0.29) is 0 Å². The fourth-order valence-electron chi connectivity index (χ4n) is 4.24. The van der Waals surface area contributed by atoms with Crippen LogP contribution in [-0.2, 0) is 6.54 Å². The van der Waals surface area contributed by atoms with E-state index in [1.54, 1.807) is 0 Å². The van der Waals surface area contributed by atoms with Gasteiger partial charge in [-0.25, -0.2) is 0 Å². The molecule has 1 rings (SSSR count). The second kappa shape index (κ2) is 21.3. The number of hydrogen-bond donors (Lipinski definition) is 0. The summed E-state index contributed by atoms with van der Waals surface area (Å²) in [5, 5.41) is 9.92. The first-order valence-electron chi connectivity index (χ1n) is 13.8. The Morgan fingerprint density at radius 3 is 1.45 bits per heavy atom. The van der Waals surface area contributed by atoms with E-state index in [0.29, 0.717) is 0 Å². The Bertz CT molecular complexity index is 501. The second-order valence-electron chi connectivity index (χ2n) is 9.39. The lowest BCUT2D eigenvalue weighted by atomic mass is 10.1. The Morgan fingerprint density at radius 2 is 0.968 bits per heavy atom. The summed E-state index contributed by atoms with van der Waals surface area (Å²) in [5.74, 6) is 2.27. The highest BCUT2D eigenvalue weighted by Gasteiger charge is 2.08. The average molecular weight is 452 g/mol. The molecular weight excluding hydrogens is 398 g/mol. The molecule has 0 spiro atoms. The molecule has 0 atom stereocenters. The average Bonchev–Trinajstić information content (AvgIpc) is 3.12. The van der Waals surface area contributed by atoms with Crippen LogP contribution in [0, 0.1) is 6.92 Å². The van der Waals surface area contributed by atoms with Crippen LogP contribution in [0.1, 0.15) is 148 Å². The third-order valence-electron chi connectivity index (χ3n) is 6.37. The number of thioether (sulfide) groups is 1. The van der Waals surface area contributed by atoms with E-state index in [9.17, 15) is 0 Å². The van der Waals surface area contributed by atoms with Gasteiger partial charge in [0.2, 0.25) is 0 Å². The second-order valence-corrected chi connectivity index (χ2v) is 10.5. The van der Waals surface area contributed by atoms with E-state index < -0.39 is 0 Å². The van der Waals surface area contributed by atoms with Crippen molar-refractivity contribution in [3.05, 3.63) is 5.82 Å². The Kier molecular flexibility index (Phi) is 19.6. The van der Waals surface area contributed by atoms with E-state index in [0.717, 1.165) is 17.5 Å². The van der Waals surface area contributed by atoms with Crippen LogP contribution in [0.5, 0.6) is 0 Å². The van der Waals surface area contributed by atoms with Crippen molar-refractivity contribution < 1.29 is 0 Å². The number of aromatic nitrogens is 3.